The summed E-state index contributed by atoms with van der Waals surface area (Å²) in [7, 11) is 1.90. The fourth-order valence-corrected chi connectivity index (χ4v) is 4.54. The van der Waals surface area contributed by atoms with Crippen molar-refractivity contribution in [3.63, 3.8) is 0 Å². The second kappa shape index (κ2) is 9.84. The van der Waals surface area contributed by atoms with Crippen molar-refractivity contribution >= 4 is 33.2 Å². The molecule has 0 aliphatic rings. The number of nitrogens with zero attached hydrogens (tertiary/aromatic N) is 3. The second-order valence-electron chi connectivity index (χ2n) is 9.04. The number of aromatic amines is 1. The van der Waals surface area contributed by atoms with E-state index in [4.69, 9.17) is 9.52 Å². The number of aromatic nitrogens is 2. The number of rotatable bonds is 8. The molecule has 8 heteroatoms. The van der Waals surface area contributed by atoms with Crippen LogP contribution in [0.15, 0.2) is 65.5 Å². The van der Waals surface area contributed by atoms with Gasteiger partial charge in [0.05, 0.1) is 29.5 Å². The lowest BCUT2D eigenvalue weighted by atomic mass is 10.1. The summed E-state index contributed by atoms with van der Waals surface area (Å²) in [5, 5.41) is 34.1. The van der Waals surface area contributed by atoms with E-state index >= 15 is 0 Å². The number of fused-ring (bicyclic) bond motifs is 2. The predicted octanol–water partition coefficient (Wildman–Crippen LogP) is 4.68. The summed E-state index contributed by atoms with van der Waals surface area (Å²) in [6.07, 6.45) is 4.39. The standard InChI is InChI=1S/C28H27N5O3/c1-17-22-7-8-31-25(22)5-4-24(17)32-28-20(11-29)12-30-13-23(28)27-10-19-9-18(3-6-26(19)36-27)14-33(2)15-21(35)16-34/h3-10,12-13,21,31,34-35H,14-16H2,1-2H3,(H,30,32). The summed E-state index contributed by atoms with van der Waals surface area (Å²) in [4.78, 5) is 9.46. The van der Waals surface area contributed by atoms with Gasteiger partial charge in [-0.3, -0.25) is 9.88 Å². The van der Waals surface area contributed by atoms with Crippen LogP contribution in [0.25, 0.3) is 33.2 Å². The van der Waals surface area contributed by atoms with E-state index in [1.165, 1.54) is 0 Å². The van der Waals surface area contributed by atoms with Crippen LogP contribution in [0.1, 0.15) is 16.7 Å². The van der Waals surface area contributed by atoms with E-state index in [9.17, 15) is 10.4 Å². The molecule has 182 valence electrons. The highest BCUT2D eigenvalue weighted by atomic mass is 16.3. The summed E-state index contributed by atoms with van der Waals surface area (Å²) in [5.74, 6) is 0.610. The zero-order valence-corrected chi connectivity index (χ0v) is 20.1. The Labute approximate surface area is 208 Å². The molecule has 4 N–H and O–H groups in total. The highest BCUT2D eigenvalue weighted by Gasteiger charge is 2.17. The number of H-pyrrole nitrogens is 1. The topological polar surface area (TPSA) is 121 Å². The minimum Gasteiger partial charge on any atom is -0.456 e. The number of aryl methyl sites for hydroxylation is 1. The van der Waals surface area contributed by atoms with E-state index in [2.05, 4.69) is 21.4 Å². The molecule has 0 amide bonds. The van der Waals surface area contributed by atoms with Crippen LogP contribution in [0.4, 0.5) is 11.4 Å². The first-order chi connectivity index (χ1) is 17.5. The molecule has 5 rings (SSSR count). The van der Waals surface area contributed by atoms with Crippen LogP contribution in [0, 0.1) is 18.3 Å². The number of anilines is 2. The Morgan fingerprint density at radius 3 is 2.86 bits per heavy atom. The van der Waals surface area contributed by atoms with Gasteiger partial charge in [-0.25, -0.2) is 0 Å². The van der Waals surface area contributed by atoms with E-state index in [1.54, 1.807) is 12.4 Å². The zero-order chi connectivity index (χ0) is 25.2. The molecule has 0 fully saturated rings. The van der Waals surface area contributed by atoms with E-state index < -0.39 is 6.10 Å². The Morgan fingerprint density at radius 1 is 1.19 bits per heavy atom. The molecule has 0 radical (unpaired) electrons. The minimum absolute atomic E-state index is 0.265. The zero-order valence-electron chi connectivity index (χ0n) is 20.1. The van der Waals surface area contributed by atoms with Gasteiger partial charge in [-0.05, 0) is 61.5 Å². The number of furan rings is 1. The number of likely N-dealkylation sites (N-methyl/N-ethyl adjacent to an activating group) is 1. The van der Waals surface area contributed by atoms with Crippen molar-refractivity contribution < 1.29 is 14.6 Å². The molecule has 0 bridgehead atoms. The molecule has 0 saturated carbocycles. The van der Waals surface area contributed by atoms with Crippen molar-refractivity contribution in [3.05, 3.63) is 77.7 Å². The van der Waals surface area contributed by atoms with Crippen LogP contribution in [-0.2, 0) is 6.54 Å². The van der Waals surface area contributed by atoms with Gasteiger partial charge in [0.1, 0.15) is 17.4 Å². The lowest BCUT2D eigenvalue weighted by Crippen LogP contribution is -2.30. The van der Waals surface area contributed by atoms with E-state index in [0.717, 1.165) is 38.7 Å². The third-order valence-corrected chi connectivity index (χ3v) is 6.36. The monoisotopic (exact) mass is 481 g/mol. The summed E-state index contributed by atoms with van der Waals surface area (Å²) in [6, 6.07) is 16.2. The Balaban J connectivity index is 1.50. The van der Waals surface area contributed by atoms with Crippen molar-refractivity contribution in [2.75, 3.05) is 25.5 Å². The molecule has 0 aliphatic heterocycles. The van der Waals surface area contributed by atoms with Crippen molar-refractivity contribution in [2.45, 2.75) is 19.6 Å². The van der Waals surface area contributed by atoms with Crippen molar-refractivity contribution in [2.24, 2.45) is 0 Å². The van der Waals surface area contributed by atoms with E-state index in [-0.39, 0.29) is 6.61 Å². The molecule has 0 spiro atoms. The van der Waals surface area contributed by atoms with Gasteiger partial charge in [-0.2, -0.15) is 5.26 Å². The fourth-order valence-electron chi connectivity index (χ4n) is 4.54. The highest BCUT2D eigenvalue weighted by molar-refractivity contribution is 5.92. The average Bonchev–Trinajstić information content (AvgIpc) is 3.52. The Kier molecular flexibility index (Phi) is 6.44. The van der Waals surface area contributed by atoms with Crippen LogP contribution < -0.4 is 5.32 Å². The Bertz CT molecular complexity index is 1580. The van der Waals surface area contributed by atoms with E-state index in [1.807, 2.05) is 67.5 Å². The first kappa shape index (κ1) is 23.6. The Hall–Kier alpha value is -4.16. The molecule has 8 nitrogen and oxygen atoms in total. The number of benzene rings is 2. The van der Waals surface area contributed by atoms with Crippen LogP contribution >= 0.6 is 0 Å². The molecular formula is C28H27N5O3. The van der Waals surface area contributed by atoms with Crippen molar-refractivity contribution in [1.29, 1.82) is 5.26 Å². The quantitative estimate of drug-likeness (QED) is 0.254. The molecule has 3 aromatic heterocycles. The maximum Gasteiger partial charge on any atom is 0.139 e. The van der Waals surface area contributed by atoms with Crippen molar-refractivity contribution in [3.8, 4) is 17.4 Å². The third-order valence-electron chi connectivity index (χ3n) is 6.36. The number of hydrogen-bond donors (Lipinski definition) is 4. The molecule has 5 aromatic rings. The molecule has 1 unspecified atom stereocenters. The molecule has 0 aliphatic carbocycles. The normalized spacial score (nSPS) is 12.3. The molecule has 1 atom stereocenters. The third kappa shape index (κ3) is 4.55. The highest BCUT2D eigenvalue weighted by Crippen LogP contribution is 2.37. The minimum atomic E-state index is -0.772. The second-order valence-corrected chi connectivity index (χ2v) is 9.04. The van der Waals surface area contributed by atoms with Gasteiger partial charge in [0.2, 0.25) is 0 Å². The van der Waals surface area contributed by atoms with Gasteiger partial charge < -0.3 is 24.9 Å². The summed E-state index contributed by atoms with van der Waals surface area (Å²) < 4.78 is 6.18. The van der Waals surface area contributed by atoms with Crippen LogP contribution in [-0.4, -0.2) is 51.4 Å². The SMILES string of the molecule is Cc1c(Nc2c(C#N)cncc2-c2cc3cc(CN(C)CC(O)CO)ccc3o2)ccc2[nH]ccc12. The predicted molar refractivity (Wildman–Crippen MR) is 140 cm³/mol. The van der Waals surface area contributed by atoms with Gasteiger partial charge in [0, 0.05) is 53.7 Å². The van der Waals surface area contributed by atoms with Crippen LogP contribution in [0.2, 0.25) is 0 Å². The number of pyridine rings is 1. The number of nitrogens with one attached hydrogen (secondary N) is 2. The first-order valence-electron chi connectivity index (χ1n) is 11.7. The number of aliphatic hydroxyl groups is 2. The molecule has 36 heavy (non-hydrogen) atoms. The van der Waals surface area contributed by atoms with E-state index in [0.29, 0.717) is 35.7 Å². The number of hydrogen-bond acceptors (Lipinski definition) is 7. The van der Waals surface area contributed by atoms with Crippen molar-refractivity contribution in [1.82, 2.24) is 14.9 Å². The lowest BCUT2D eigenvalue weighted by molar-refractivity contribution is 0.0648. The average molecular weight is 482 g/mol. The summed E-state index contributed by atoms with van der Waals surface area (Å²) in [5.41, 5.74) is 6.57. The first-order valence-corrected chi connectivity index (χ1v) is 11.7. The maximum atomic E-state index is 9.81. The summed E-state index contributed by atoms with van der Waals surface area (Å²) in [6.45, 7) is 2.78. The van der Waals surface area contributed by atoms with Crippen LogP contribution in [0.3, 0.4) is 0 Å². The fraction of sp³-hybridized carbons (Fsp3) is 0.214. The van der Waals surface area contributed by atoms with Gasteiger partial charge in [0.15, 0.2) is 0 Å². The molecule has 3 heterocycles. The number of nitriles is 1. The van der Waals surface area contributed by atoms with Gasteiger partial charge in [0.25, 0.3) is 0 Å². The maximum absolute atomic E-state index is 9.81. The lowest BCUT2D eigenvalue weighted by Gasteiger charge is -2.19. The largest absolute Gasteiger partial charge is 0.456 e. The smallest absolute Gasteiger partial charge is 0.139 e. The van der Waals surface area contributed by atoms with Gasteiger partial charge >= 0.3 is 0 Å². The van der Waals surface area contributed by atoms with Crippen LogP contribution in [0.5, 0.6) is 0 Å². The number of aliphatic hydroxyl groups excluding tert-OH is 2. The molecular weight excluding hydrogens is 454 g/mol. The molecule has 0 saturated heterocycles. The summed E-state index contributed by atoms with van der Waals surface area (Å²) >= 11 is 0. The van der Waals surface area contributed by atoms with Gasteiger partial charge in [-0.15, -0.1) is 0 Å². The molecule has 2 aromatic carbocycles. The Morgan fingerprint density at radius 2 is 2.06 bits per heavy atom. The van der Waals surface area contributed by atoms with Gasteiger partial charge in [-0.1, -0.05) is 6.07 Å².